The zero-order chi connectivity index (χ0) is 14.4. The summed E-state index contributed by atoms with van der Waals surface area (Å²) in [4.78, 5) is 2.12. The lowest BCUT2D eigenvalue weighted by atomic mass is 10.0. The zero-order valence-corrected chi connectivity index (χ0v) is 11.8. The summed E-state index contributed by atoms with van der Waals surface area (Å²) in [7, 11) is 2.02. The Labute approximate surface area is 120 Å². The molecule has 2 nitrogen and oxygen atoms in total. The second-order valence-corrected chi connectivity index (χ2v) is 5.06. The Kier molecular flexibility index (Phi) is 5.13. The number of nitrogens with two attached hydrogens (primary N) is 1. The van der Waals surface area contributed by atoms with Gasteiger partial charge < -0.3 is 10.6 Å². The van der Waals surface area contributed by atoms with Crippen molar-refractivity contribution in [2.24, 2.45) is 5.73 Å². The molecule has 1 atom stereocenters. The van der Waals surface area contributed by atoms with Crippen LogP contribution in [0.1, 0.15) is 24.4 Å². The summed E-state index contributed by atoms with van der Waals surface area (Å²) in [5.41, 5.74) is 8.38. The third-order valence-corrected chi connectivity index (χ3v) is 3.50. The van der Waals surface area contributed by atoms with Gasteiger partial charge in [0.25, 0.3) is 0 Å². The Morgan fingerprint density at radius 1 is 1.05 bits per heavy atom. The fourth-order valence-electron chi connectivity index (χ4n) is 2.24. The van der Waals surface area contributed by atoms with Gasteiger partial charge in [0, 0.05) is 25.3 Å². The first kappa shape index (κ1) is 14.5. The minimum atomic E-state index is -0.201. The van der Waals surface area contributed by atoms with E-state index in [0.717, 1.165) is 25.1 Å². The molecule has 0 aliphatic rings. The number of rotatable bonds is 6. The number of anilines is 1. The molecule has 2 aromatic carbocycles. The van der Waals surface area contributed by atoms with E-state index in [4.69, 9.17) is 5.73 Å². The second kappa shape index (κ2) is 7.06. The van der Waals surface area contributed by atoms with Crippen LogP contribution in [-0.4, -0.2) is 13.6 Å². The van der Waals surface area contributed by atoms with Gasteiger partial charge >= 0.3 is 0 Å². The van der Waals surface area contributed by atoms with Crippen molar-refractivity contribution in [1.29, 1.82) is 0 Å². The highest BCUT2D eigenvalue weighted by molar-refractivity contribution is 5.45. The molecule has 20 heavy (non-hydrogen) atoms. The maximum absolute atomic E-state index is 12.9. The SMILES string of the molecule is CN(CCCC(N)c1ccccc1)c1ccc(F)cc1. The van der Waals surface area contributed by atoms with Crippen LogP contribution in [0.3, 0.4) is 0 Å². The molecule has 0 spiro atoms. The molecule has 0 aromatic heterocycles. The number of nitrogens with zero attached hydrogens (tertiary/aromatic N) is 1. The van der Waals surface area contributed by atoms with Crippen molar-refractivity contribution in [3.8, 4) is 0 Å². The fourth-order valence-corrected chi connectivity index (χ4v) is 2.24. The van der Waals surface area contributed by atoms with Crippen LogP contribution in [0.4, 0.5) is 10.1 Å². The number of hydrogen-bond donors (Lipinski definition) is 1. The molecule has 0 amide bonds. The van der Waals surface area contributed by atoms with Crippen LogP contribution in [-0.2, 0) is 0 Å². The molecule has 2 rings (SSSR count). The van der Waals surface area contributed by atoms with Crippen molar-refractivity contribution in [1.82, 2.24) is 0 Å². The molecule has 1 unspecified atom stereocenters. The van der Waals surface area contributed by atoms with E-state index >= 15 is 0 Å². The van der Waals surface area contributed by atoms with Gasteiger partial charge in [0.2, 0.25) is 0 Å². The van der Waals surface area contributed by atoms with Crippen molar-refractivity contribution in [3.63, 3.8) is 0 Å². The van der Waals surface area contributed by atoms with Crippen LogP contribution in [0.2, 0.25) is 0 Å². The molecule has 106 valence electrons. The topological polar surface area (TPSA) is 29.3 Å². The predicted octanol–water partition coefficient (Wildman–Crippen LogP) is 3.74. The summed E-state index contributed by atoms with van der Waals surface area (Å²) in [5, 5.41) is 0. The van der Waals surface area contributed by atoms with E-state index < -0.39 is 0 Å². The fraction of sp³-hybridized carbons (Fsp3) is 0.294. The normalized spacial score (nSPS) is 12.2. The molecule has 0 saturated heterocycles. The highest BCUT2D eigenvalue weighted by Gasteiger charge is 2.06. The van der Waals surface area contributed by atoms with Gasteiger partial charge in [-0.05, 0) is 42.7 Å². The van der Waals surface area contributed by atoms with Gasteiger partial charge in [-0.1, -0.05) is 30.3 Å². The quantitative estimate of drug-likeness (QED) is 0.868. The van der Waals surface area contributed by atoms with Crippen LogP contribution in [0.15, 0.2) is 54.6 Å². The summed E-state index contributed by atoms with van der Waals surface area (Å²) < 4.78 is 12.9. The molecule has 0 fully saturated rings. The lowest BCUT2D eigenvalue weighted by Crippen LogP contribution is -2.20. The van der Waals surface area contributed by atoms with E-state index in [2.05, 4.69) is 17.0 Å². The summed E-state index contributed by atoms with van der Waals surface area (Å²) in [6.45, 7) is 0.909. The second-order valence-electron chi connectivity index (χ2n) is 5.06. The molecular formula is C17H21FN2. The summed E-state index contributed by atoms with van der Waals surface area (Å²) in [5.74, 6) is -0.201. The van der Waals surface area contributed by atoms with Crippen molar-refractivity contribution >= 4 is 5.69 Å². The van der Waals surface area contributed by atoms with E-state index in [1.807, 2.05) is 25.2 Å². The maximum atomic E-state index is 12.9. The zero-order valence-electron chi connectivity index (χ0n) is 11.8. The van der Waals surface area contributed by atoms with Gasteiger partial charge in [0.05, 0.1) is 0 Å². The number of benzene rings is 2. The average molecular weight is 272 g/mol. The van der Waals surface area contributed by atoms with E-state index in [-0.39, 0.29) is 11.9 Å². The van der Waals surface area contributed by atoms with Crippen LogP contribution in [0.5, 0.6) is 0 Å². The van der Waals surface area contributed by atoms with E-state index in [9.17, 15) is 4.39 Å². The van der Waals surface area contributed by atoms with Crippen LogP contribution >= 0.6 is 0 Å². The van der Waals surface area contributed by atoms with E-state index in [1.54, 1.807) is 12.1 Å². The molecule has 2 aromatic rings. The van der Waals surface area contributed by atoms with Gasteiger partial charge in [0.15, 0.2) is 0 Å². The first-order chi connectivity index (χ1) is 9.66. The van der Waals surface area contributed by atoms with E-state index in [1.165, 1.54) is 17.7 Å². The first-order valence-electron chi connectivity index (χ1n) is 6.94. The number of halogens is 1. The molecule has 2 N–H and O–H groups in total. The van der Waals surface area contributed by atoms with Crippen LogP contribution in [0.25, 0.3) is 0 Å². The van der Waals surface area contributed by atoms with Crippen LogP contribution < -0.4 is 10.6 Å². The standard InChI is InChI=1S/C17H21FN2/c1-20(16-11-9-15(18)10-12-16)13-5-8-17(19)14-6-3-2-4-7-14/h2-4,6-7,9-12,17H,5,8,13,19H2,1H3. The van der Waals surface area contributed by atoms with Gasteiger partial charge in [-0.2, -0.15) is 0 Å². The molecule has 0 saturated carbocycles. The highest BCUT2D eigenvalue weighted by Crippen LogP contribution is 2.17. The molecule has 0 radical (unpaired) electrons. The largest absolute Gasteiger partial charge is 0.375 e. The van der Waals surface area contributed by atoms with Crippen LogP contribution in [0, 0.1) is 5.82 Å². The Bertz CT molecular complexity index is 510. The van der Waals surface area contributed by atoms with Gasteiger partial charge in [0.1, 0.15) is 5.82 Å². The first-order valence-corrected chi connectivity index (χ1v) is 6.94. The molecule has 0 aliphatic carbocycles. The van der Waals surface area contributed by atoms with Gasteiger partial charge in [-0.25, -0.2) is 4.39 Å². The Hall–Kier alpha value is -1.87. The lowest BCUT2D eigenvalue weighted by molar-refractivity contribution is 0.608. The summed E-state index contributed by atoms with van der Waals surface area (Å²) in [6.07, 6.45) is 1.94. The molecule has 0 heterocycles. The summed E-state index contributed by atoms with van der Waals surface area (Å²) in [6, 6.07) is 16.8. The van der Waals surface area contributed by atoms with Crippen molar-refractivity contribution < 1.29 is 4.39 Å². The Balaban J connectivity index is 1.79. The molecule has 0 aliphatic heterocycles. The number of hydrogen-bond acceptors (Lipinski definition) is 2. The lowest BCUT2D eigenvalue weighted by Gasteiger charge is -2.20. The Morgan fingerprint density at radius 2 is 1.70 bits per heavy atom. The average Bonchev–Trinajstić information content (AvgIpc) is 2.48. The third kappa shape index (κ3) is 4.07. The van der Waals surface area contributed by atoms with Crippen molar-refractivity contribution in [3.05, 3.63) is 66.0 Å². The smallest absolute Gasteiger partial charge is 0.123 e. The van der Waals surface area contributed by atoms with Gasteiger partial charge in [-0.3, -0.25) is 0 Å². The molecule has 3 heteroatoms. The predicted molar refractivity (Wildman–Crippen MR) is 82.3 cm³/mol. The van der Waals surface area contributed by atoms with Gasteiger partial charge in [-0.15, -0.1) is 0 Å². The van der Waals surface area contributed by atoms with E-state index in [0.29, 0.717) is 0 Å². The summed E-state index contributed by atoms with van der Waals surface area (Å²) >= 11 is 0. The minimum absolute atomic E-state index is 0.0813. The van der Waals surface area contributed by atoms with Crippen molar-refractivity contribution in [2.45, 2.75) is 18.9 Å². The monoisotopic (exact) mass is 272 g/mol. The molecular weight excluding hydrogens is 251 g/mol. The van der Waals surface area contributed by atoms with Crippen molar-refractivity contribution in [2.75, 3.05) is 18.5 Å². The molecule has 0 bridgehead atoms. The Morgan fingerprint density at radius 3 is 2.35 bits per heavy atom. The highest BCUT2D eigenvalue weighted by atomic mass is 19.1. The third-order valence-electron chi connectivity index (χ3n) is 3.50. The maximum Gasteiger partial charge on any atom is 0.123 e. The minimum Gasteiger partial charge on any atom is -0.375 e.